The number of amides is 2. The summed E-state index contributed by atoms with van der Waals surface area (Å²) >= 11 is 11.9. The van der Waals surface area contributed by atoms with Crippen LogP contribution in [0, 0.1) is 0 Å². The Hall–Kier alpha value is -4.00. The van der Waals surface area contributed by atoms with E-state index >= 15 is 0 Å². The van der Waals surface area contributed by atoms with Crippen LogP contribution in [0.2, 0.25) is 10.0 Å². The first kappa shape index (κ1) is 29.0. The van der Waals surface area contributed by atoms with Crippen LogP contribution in [0.3, 0.4) is 0 Å². The first-order chi connectivity index (χ1) is 19.5. The lowest BCUT2D eigenvalue weighted by Gasteiger charge is -2.28. The van der Waals surface area contributed by atoms with Gasteiger partial charge in [-0.25, -0.2) is 0 Å². The predicted molar refractivity (Wildman–Crippen MR) is 158 cm³/mol. The molecule has 0 atom stereocenters. The Morgan fingerprint density at radius 2 is 0.875 bits per heavy atom. The molecule has 0 fully saturated rings. The third-order valence-corrected chi connectivity index (χ3v) is 6.63. The molecule has 0 heterocycles. The summed E-state index contributed by atoms with van der Waals surface area (Å²) in [5.41, 5.74) is 1.96. The van der Waals surface area contributed by atoms with Gasteiger partial charge in [-0.05, 0) is 59.7 Å². The first-order valence-corrected chi connectivity index (χ1v) is 13.6. The molecule has 0 bridgehead atoms. The van der Waals surface area contributed by atoms with Gasteiger partial charge >= 0.3 is 0 Å². The minimum Gasteiger partial charge on any atom is -0.484 e. The molecule has 8 heteroatoms. The van der Waals surface area contributed by atoms with E-state index in [0.717, 1.165) is 11.1 Å². The number of nitrogens with zero attached hydrogens (tertiary/aromatic N) is 2. The van der Waals surface area contributed by atoms with E-state index in [-0.39, 0.29) is 25.0 Å². The van der Waals surface area contributed by atoms with Crippen molar-refractivity contribution in [1.29, 1.82) is 0 Å². The smallest absolute Gasteiger partial charge is 0.260 e. The maximum absolute atomic E-state index is 13.3. The van der Waals surface area contributed by atoms with Gasteiger partial charge in [-0.2, -0.15) is 0 Å². The number of hydrogen-bond donors (Lipinski definition) is 0. The fraction of sp³-hybridized carbons (Fsp3) is 0.188. The second kappa shape index (κ2) is 15.0. The van der Waals surface area contributed by atoms with E-state index in [9.17, 15) is 9.59 Å². The minimum atomic E-state index is -0.191. The fourth-order valence-corrected chi connectivity index (χ4v) is 4.22. The van der Waals surface area contributed by atoms with Crippen molar-refractivity contribution in [2.75, 3.05) is 26.3 Å². The molecule has 4 aromatic rings. The van der Waals surface area contributed by atoms with Crippen molar-refractivity contribution in [3.8, 4) is 11.5 Å². The molecule has 0 saturated carbocycles. The van der Waals surface area contributed by atoms with Crippen molar-refractivity contribution in [2.45, 2.75) is 13.1 Å². The molecule has 0 radical (unpaired) electrons. The standard InChI is InChI=1S/C32H30Cl2N2O4/c33-27-11-15-29(16-12-27)39-23-31(37)35(21-25-7-3-1-4-8-25)19-20-36(22-26-9-5-2-6-10-26)32(38)24-40-30-17-13-28(34)14-18-30/h1-18H,19-24H2. The molecule has 0 saturated heterocycles. The van der Waals surface area contributed by atoms with Gasteiger partial charge in [0.2, 0.25) is 0 Å². The number of rotatable bonds is 13. The van der Waals surface area contributed by atoms with Gasteiger partial charge < -0.3 is 19.3 Å². The van der Waals surface area contributed by atoms with E-state index in [4.69, 9.17) is 32.7 Å². The van der Waals surface area contributed by atoms with Crippen molar-refractivity contribution >= 4 is 35.0 Å². The highest BCUT2D eigenvalue weighted by molar-refractivity contribution is 6.30. The maximum Gasteiger partial charge on any atom is 0.260 e. The lowest BCUT2D eigenvalue weighted by atomic mass is 10.2. The van der Waals surface area contributed by atoms with Crippen LogP contribution in [0.25, 0.3) is 0 Å². The van der Waals surface area contributed by atoms with E-state index in [2.05, 4.69) is 0 Å². The average Bonchev–Trinajstić information content (AvgIpc) is 2.98. The second-order valence-corrected chi connectivity index (χ2v) is 9.96. The summed E-state index contributed by atoms with van der Waals surface area (Å²) in [6.45, 7) is 1.13. The van der Waals surface area contributed by atoms with E-state index in [1.165, 1.54) is 0 Å². The monoisotopic (exact) mass is 576 g/mol. The predicted octanol–water partition coefficient (Wildman–Crippen LogP) is 6.51. The molecule has 0 aliphatic rings. The summed E-state index contributed by atoms with van der Waals surface area (Å²) in [5.74, 6) is 0.724. The van der Waals surface area contributed by atoms with Gasteiger partial charge in [0.05, 0.1) is 0 Å². The SMILES string of the molecule is O=C(COc1ccc(Cl)cc1)N(CCN(Cc1ccccc1)C(=O)COc1ccc(Cl)cc1)Cc1ccccc1. The van der Waals surface area contributed by atoms with Crippen LogP contribution in [0.15, 0.2) is 109 Å². The normalized spacial score (nSPS) is 10.6. The van der Waals surface area contributed by atoms with Crippen molar-refractivity contribution in [3.63, 3.8) is 0 Å². The maximum atomic E-state index is 13.3. The van der Waals surface area contributed by atoms with Gasteiger partial charge in [0.15, 0.2) is 13.2 Å². The second-order valence-electron chi connectivity index (χ2n) is 9.09. The molecule has 40 heavy (non-hydrogen) atoms. The van der Waals surface area contributed by atoms with Crippen LogP contribution in [-0.4, -0.2) is 47.9 Å². The third kappa shape index (κ3) is 9.33. The van der Waals surface area contributed by atoms with Gasteiger partial charge in [-0.15, -0.1) is 0 Å². The summed E-state index contributed by atoms with van der Waals surface area (Å²) in [6.07, 6.45) is 0. The van der Waals surface area contributed by atoms with E-state index in [0.29, 0.717) is 47.7 Å². The molecular weight excluding hydrogens is 547 g/mol. The van der Waals surface area contributed by atoms with Gasteiger partial charge in [-0.3, -0.25) is 9.59 Å². The Morgan fingerprint density at radius 1 is 0.525 bits per heavy atom. The highest BCUT2D eigenvalue weighted by Crippen LogP contribution is 2.17. The molecule has 0 aliphatic heterocycles. The Bertz CT molecular complexity index is 1240. The summed E-state index contributed by atoms with van der Waals surface area (Å²) in [6, 6.07) is 33.2. The van der Waals surface area contributed by atoms with Crippen molar-refractivity contribution in [1.82, 2.24) is 9.80 Å². The van der Waals surface area contributed by atoms with E-state index in [1.54, 1.807) is 58.3 Å². The number of halogens is 2. The number of carbonyl (C=O) groups excluding carboxylic acids is 2. The Morgan fingerprint density at radius 3 is 1.23 bits per heavy atom. The van der Waals surface area contributed by atoms with E-state index < -0.39 is 0 Å². The lowest BCUT2D eigenvalue weighted by molar-refractivity contribution is -0.138. The molecule has 2 amide bonds. The van der Waals surface area contributed by atoms with Crippen LogP contribution >= 0.6 is 23.2 Å². The van der Waals surface area contributed by atoms with Crippen LogP contribution in [-0.2, 0) is 22.7 Å². The first-order valence-electron chi connectivity index (χ1n) is 12.9. The van der Waals surface area contributed by atoms with Gasteiger partial charge in [0.25, 0.3) is 11.8 Å². The third-order valence-electron chi connectivity index (χ3n) is 6.13. The van der Waals surface area contributed by atoms with Crippen molar-refractivity contribution < 1.29 is 19.1 Å². The zero-order valence-corrected chi connectivity index (χ0v) is 23.4. The highest BCUT2D eigenvalue weighted by Gasteiger charge is 2.20. The zero-order chi connectivity index (χ0) is 28.2. The Kier molecular flexibility index (Phi) is 10.8. The molecule has 0 N–H and O–H groups in total. The van der Waals surface area contributed by atoms with Gasteiger partial charge in [0.1, 0.15) is 11.5 Å². The van der Waals surface area contributed by atoms with Crippen molar-refractivity contribution in [2.24, 2.45) is 0 Å². The zero-order valence-electron chi connectivity index (χ0n) is 21.9. The summed E-state index contributed by atoms with van der Waals surface area (Å²) in [7, 11) is 0. The molecule has 0 aliphatic carbocycles. The van der Waals surface area contributed by atoms with Crippen LogP contribution < -0.4 is 9.47 Å². The molecule has 4 rings (SSSR count). The minimum absolute atomic E-state index is 0.138. The van der Waals surface area contributed by atoms with Crippen LogP contribution in [0.4, 0.5) is 0 Å². The number of benzene rings is 4. The highest BCUT2D eigenvalue weighted by atomic mass is 35.5. The largest absolute Gasteiger partial charge is 0.484 e. The van der Waals surface area contributed by atoms with Crippen LogP contribution in [0.1, 0.15) is 11.1 Å². The van der Waals surface area contributed by atoms with E-state index in [1.807, 2.05) is 60.7 Å². The lowest BCUT2D eigenvalue weighted by Crippen LogP contribution is -2.43. The molecule has 0 unspecified atom stereocenters. The summed E-state index contributed by atoms with van der Waals surface area (Å²) in [4.78, 5) is 30.0. The quantitative estimate of drug-likeness (QED) is 0.182. The van der Waals surface area contributed by atoms with Crippen molar-refractivity contribution in [3.05, 3.63) is 130 Å². The van der Waals surface area contributed by atoms with Gasteiger partial charge in [0, 0.05) is 36.2 Å². The molecule has 6 nitrogen and oxygen atoms in total. The Balaban J connectivity index is 1.45. The van der Waals surface area contributed by atoms with Crippen LogP contribution in [0.5, 0.6) is 11.5 Å². The average molecular weight is 578 g/mol. The molecule has 4 aromatic carbocycles. The molecule has 206 valence electrons. The summed E-state index contributed by atoms with van der Waals surface area (Å²) in [5, 5.41) is 1.18. The topological polar surface area (TPSA) is 59.1 Å². The van der Waals surface area contributed by atoms with Gasteiger partial charge in [-0.1, -0.05) is 83.9 Å². The number of carbonyl (C=O) groups is 2. The summed E-state index contributed by atoms with van der Waals surface area (Å²) < 4.78 is 11.5. The Labute approximate surface area is 244 Å². The number of ether oxygens (including phenoxy) is 2. The fourth-order valence-electron chi connectivity index (χ4n) is 3.97. The number of hydrogen-bond acceptors (Lipinski definition) is 4. The molecular formula is C32H30Cl2N2O4. The molecule has 0 aromatic heterocycles. The molecule has 0 spiro atoms.